The number of hydrogen-bond donors (Lipinski definition) is 1. The minimum Gasteiger partial charge on any atom is -0.389 e. The van der Waals surface area contributed by atoms with Crippen LogP contribution in [0, 0.1) is 34.0 Å². The molecule has 0 saturated heterocycles. The summed E-state index contributed by atoms with van der Waals surface area (Å²) in [5, 5.41) is 11.9. The van der Waals surface area contributed by atoms with Crippen molar-refractivity contribution in [3.8, 4) is 0 Å². The molecule has 3 fully saturated rings. The second-order valence-corrected chi connectivity index (χ2v) is 9.88. The zero-order valence-corrected chi connectivity index (χ0v) is 15.3. The van der Waals surface area contributed by atoms with Crippen LogP contribution in [0.2, 0.25) is 0 Å². The third-order valence-corrected chi connectivity index (χ3v) is 8.54. The van der Waals surface area contributed by atoms with Gasteiger partial charge in [-0.3, -0.25) is 4.79 Å². The van der Waals surface area contributed by atoms with Gasteiger partial charge in [0.05, 0.1) is 11.0 Å². The predicted molar refractivity (Wildman–Crippen MR) is 89.5 cm³/mol. The summed E-state index contributed by atoms with van der Waals surface area (Å²) in [5.74, 6) is 1.73. The van der Waals surface area contributed by atoms with Crippen LogP contribution in [0.3, 0.4) is 0 Å². The van der Waals surface area contributed by atoms with Crippen LogP contribution in [0.15, 0.2) is 0 Å². The minimum absolute atomic E-state index is 0.00727. The maximum Gasteiger partial charge on any atom is 0.142 e. The van der Waals surface area contributed by atoms with Gasteiger partial charge in [0.1, 0.15) is 5.78 Å². The molecule has 1 spiro atoms. The summed E-state index contributed by atoms with van der Waals surface area (Å²) in [7, 11) is 0. The monoisotopic (exact) mass is 306 g/mol. The Morgan fingerprint density at radius 3 is 2.18 bits per heavy atom. The van der Waals surface area contributed by atoms with Gasteiger partial charge >= 0.3 is 0 Å². The predicted octanol–water partition coefficient (Wildman–Crippen LogP) is 4.60. The van der Waals surface area contributed by atoms with Crippen molar-refractivity contribution in [2.45, 2.75) is 85.7 Å². The minimum atomic E-state index is -0.788. The van der Waals surface area contributed by atoms with Crippen LogP contribution in [0.25, 0.3) is 0 Å². The summed E-state index contributed by atoms with van der Waals surface area (Å²) in [6, 6.07) is 0. The first kappa shape index (κ1) is 16.5. The van der Waals surface area contributed by atoms with E-state index in [-0.39, 0.29) is 16.7 Å². The van der Waals surface area contributed by atoms with E-state index < -0.39 is 11.0 Å². The van der Waals surface area contributed by atoms with E-state index in [9.17, 15) is 9.90 Å². The highest BCUT2D eigenvalue weighted by molar-refractivity contribution is 5.89. The first-order valence-corrected chi connectivity index (χ1v) is 9.26. The van der Waals surface area contributed by atoms with Gasteiger partial charge < -0.3 is 5.11 Å². The molecule has 126 valence electrons. The van der Waals surface area contributed by atoms with Crippen molar-refractivity contribution in [2.75, 3.05) is 0 Å². The zero-order chi connectivity index (χ0) is 16.6. The fraction of sp³-hybridized carbons (Fsp3) is 0.950. The second-order valence-electron chi connectivity index (χ2n) is 9.88. The topological polar surface area (TPSA) is 37.3 Å². The Bertz CT molecular complexity index is 492. The van der Waals surface area contributed by atoms with Crippen molar-refractivity contribution in [1.29, 1.82) is 0 Å². The fourth-order valence-electron chi connectivity index (χ4n) is 6.60. The Hall–Kier alpha value is -0.370. The molecule has 1 N–H and O–H groups in total. The molecule has 3 rings (SSSR count). The Balaban J connectivity index is 2.18. The van der Waals surface area contributed by atoms with Crippen molar-refractivity contribution in [3.63, 3.8) is 0 Å². The van der Waals surface area contributed by atoms with E-state index in [4.69, 9.17) is 0 Å². The molecule has 5 atom stereocenters. The molecule has 3 aliphatic rings. The van der Waals surface area contributed by atoms with E-state index in [0.29, 0.717) is 24.0 Å². The van der Waals surface area contributed by atoms with Gasteiger partial charge in [-0.2, -0.15) is 0 Å². The maximum atomic E-state index is 13.3. The van der Waals surface area contributed by atoms with Crippen LogP contribution in [0.1, 0.15) is 80.1 Å². The summed E-state index contributed by atoms with van der Waals surface area (Å²) in [6.07, 6.45) is 5.55. The average molecular weight is 306 g/mol. The van der Waals surface area contributed by atoms with E-state index in [1.54, 1.807) is 0 Å². The lowest BCUT2D eigenvalue weighted by molar-refractivity contribution is -0.176. The van der Waals surface area contributed by atoms with Crippen LogP contribution >= 0.6 is 0 Å². The largest absolute Gasteiger partial charge is 0.389 e. The fourth-order valence-corrected chi connectivity index (χ4v) is 6.60. The molecule has 0 aliphatic heterocycles. The lowest BCUT2D eigenvalue weighted by Crippen LogP contribution is -2.60. The quantitative estimate of drug-likeness (QED) is 0.710. The average Bonchev–Trinajstić information content (AvgIpc) is 2.50. The molecule has 0 amide bonds. The van der Waals surface area contributed by atoms with Crippen molar-refractivity contribution >= 4 is 5.78 Å². The van der Waals surface area contributed by atoms with Crippen LogP contribution in [0.4, 0.5) is 0 Å². The smallest absolute Gasteiger partial charge is 0.142 e. The lowest BCUT2D eigenvalue weighted by atomic mass is 9.50. The highest BCUT2D eigenvalue weighted by atomic mass is 16.3. The van der Waals surface area contributed by atoms with Gasteiger partial charge in [0.15, 0.2) is 0 Å². The van der Waals surface area contributed by atoms with Crippen molar-refractivity contribution in [3.05, 3.63) is 0 Å². The Morgan fingerprint density at radius 1 is 1.00 bits per heavy atom. The molecule has 2 heteroatoms. The SMILES string of the molecule is CC1CCC2(C(=O)C1)C(C)(C)C(C)(C)C1CC(C)CC[C@]12O. The number of hydrogen-bond acceptors (Lipinski definition) is 2. The first-order chi connectivity index (χ1) is 10.0. The van der Waals surface area contributed by atoms with Crippen molar-refractivity contribution in [2.24, 2.45) is 34.0 Å². The van der Waals surface area contributed by atoms with Gasteiger partial charge in [-0.15, -0.1) is 0 Å². The Morgan fingerprint density at radius 2 is 1.59 bits per heavy atom. The normalized spacial score (nSPS) is 50.1. The molecular formula is C20H34O2. The molecule has 2 nitrogen and oxygen atoms in total. The van der Waals surface area contributed by atoms with Gasteiger partial charge in [0.25, 0.3) is 0 Å². The van der Waals surface area contributed by atoms with Gasteiger partial charge in [0, 0.05) is 6.42 Å². The number of Topliss-reactive ketones (excluding diaryl/α,β-unsaturated/α-hetero) is 1. The number of aliphatic hydroxyl groups is 1. The van der Waals surface area contributed by atoms with Crippen molar-refractivity contribution < 1.29 is 9.90 Å². The van der Waals surface area contributed by atoms with Crippen LogP contribution < -0.4 is 0 Å². The molecule has 0 aromatic carbocycles. The molecule has 22 heavy (non-hydrogen) atoms. The van der Waals surface area contributed by atoms with E-state index in [1.165, 1.54) is 0 Å². The van der Waals surface area contributed by atoms with Gasteiger partial charge in [0.2, 0.25) is 0 Å². The Kier molecular flexibility index (Phi) is 3.44. The number of fused-ring (bicyclic) bond motifs is 2. The van der Waals surface area contributed by atoms with E-state index in [0.717, 1.165) is 32.1 Å². The molecule has 3 aliphatic carbocycles. The molecule has 0 bridgehead atoms. The van der Waals surface area contributed by atoms with Gasteiger partial charge in [-0.1, -0.05) is 41.5 Å². The van der Waals surface area contributed by atoms with E-state index in [1.807, 2.05) is 0 Å². The van der Waals surface area contributed by atoms with E-state index >= 15 is 0 Å². The molecule has 0 aromatic heterocycles. The highest BCUT2D eigenvalue weighted by Crippen LogP contribution is 2.75. The summed E-state index contributed by atoms with van der Waals surface area (Å²) < 4.78 is 0. The summed E-state index contributed by atoms with van der Waals surface area (Å²) in [6.45, 7) is 13.6. The number of rotatable bonds is 0. The lowest BCUT2D eigenvalue weighted by Gasteiger charge is -2.54. The molecule has 3 saturated carbocycles. The van der Waals surface area contributed by atoms with Crippen LogP contribution in [0.5, 0.6) is 0 Å². The number of ketones is 1. The number of carbonyl (C=O) groups is 1. The summed E-state index contributed by atoms with van der Waals surface area (Å²) >= 11 is 0. The molecule has 0 aromatic rings. The molecular weight excluding hydrogens is 272 g/mol. The third kappa shape index (κ3) is 1.63. The van der Waals surface area contributed by atoms with E-state index in [2.05, 4.69) is 41.5 Å². The highest BCUT2D eigenvalue weighted by Gasteiger charge is 2.77. The first-order valence-electron chi connectivity index (χ1n) is 9.26. The van der Waals surface area contributed by atoms with Crippen LogP contribution in [-0.4, -0.2) is 16.5 Å². The number of carbonyl (C=O) groups excluding carboxylic acids is 1. The molecule has 0 radical (unpaired) electrons. The van der Waals surface area contributed by atoms with Crippen molar-refractivity contribution in [1.82, 2.24) is 0 Å². The summed E-state index contributed by atoms with van der Waals surface area (Å²) in [4.78, 5) is 13.3. The molecule has 4 unspecified atom stereocenters. The van der Waals surface area contributed by atoms with Gasteiger partial charge in [-0.25, -0.2) is 0 Å². The standard InChI is InChI=1S/C20H34O2/c1-13-8-10-20(22)15(11-13)17(3,4)18(5,6)19(20)9-7-14(2)12-16(19)21/h13-15,22H,7-12H2,1-6H3/t13?,14?,15?,19?,20-/m0/s1. The Labute approximate surface area is 136 Å². The molecule has 0 heterocycles. The van der Waals surface area contributed by atoms with Gasteiger partial charge in [-0.05, 0) is 60.7 Å². The third-order valence-electron chi connectivity index (χ3n) is 8.54. The summed E-state index contributed by atoms with van der Waals surface area (Å²) in [5.41, 5.74) is -1.47. The maximum absolute atomic E-state index is 13.3. The zero-order valence-electron chi connectivity index (χ0n) is 15.3. The second kappa shape index (κ2) is 4.59. The van der Waals surface area contributed by atoms with Crippen LogP contribution in [-0.2, 0) is 4.79 Å².